The monoisotopic (exact) mass is 342 g/mol. The van der Waals surface area contributed by atoms with E-state index < -0.39 is 17.2 Å². The van der Waals surface area contributed by atoms with Crippen LogP contribution in [0.2, 0.25) is 0 Å². The fraction of sp³-hybridized carbons (Fsp3) is 0.211. The SMILES string of the molecule is CCCCn1cc(-c2cc(F)c(C=O)c(F)c2)c2ccncc2c1=O. The smallest absolute Gasteiger partial charge is 0.260 e. The van der Waals surface area contributed by atoms with E-state index in [0.29, 0.717) is 22.9 Å². The van der Waals surface area contributed by atoms with E-state index in [0.717, 1.165) is 25.0 Å². The van der Waals surface area contributed by atoms with E-state index in [-0.39, 0.29) is 17.4 Å². The summed E-state index contributed by atoms with van der Waals surface area (Å²) in [6, 6.07) is 3.85. The number of halogens is 2. The lowest BCUT2D eigenvalue weighted by atomic mass is 10.00. The van der Waals surface area contributed by atoms with Gasteiger partial charge in [0.2, 0.25) is 0 Å². The first-order valence-electron chi connectivity index (χ1n) is 7.98. The lowest BCUT2D eigenvalue weighted by molar-refractivity contribution is 0.111. The first-order chi connectivity index (χ1) is 12.1. The lowest BCUT2D eigenvalue weighted by Crippen LogP contribution is -2.20. The predicted molar refractivity (Wildman–Crippen MR) is 91.7 cm³/mol. The molecular formula is C19H16F2N2O2. The fourth-order valence-corrected chi connectivity index (χ4v) is 2.82. The van der Waals surface area contributed by atoms with Crippen LogP contribution in [0.1, 0.15) is 30.1 Å². The van der Waals surface area contributed by atoms with Gasteiger partial charge in [-0.3, -0.25) is 14.6 Å². The van der Waals surface area contributed by atoms with Gasteiger partial charge in [-0.15, -0.1) is 0 Å². The van der Waals surface area contributed by atoms with Crippen molar-refractivity contribution in [3.05, 3.63) is 64.3 Å². The normalized spacial score (nSPS) is 11.0. The highest BCUT2D eigenvalue weighted by Gasteiger charge is 2.15. The van der Waals surface area contributed by atoms with E-state index in [1.165, 1.54) is 17.0 Å². The minimum atomic E-state index is -0.932. The highest BCUT2D eigenvalue weighted by molar-refractivity contribution is 5.95. The molecule has 128 valence electrons. The van der Waals surface area contributed by atoms with Gasteiger partial charge in [0.1, 0.15) is 11.6 Å². The van der Waals surface area contributed by atoms with Gasteiger partial charge in [0, 0.05) is 30.7 Å². The topological polar surface area (TPSA) is 52.0 Å². The average molecular weight is 342 g/mol. The van der Waals surface area contributed by atoms with Crippen LogP contribution >= 0.6 is 0 Å². The Hall–Kier alpha value is -2.89. The maximum absolute atomic E-state index is 14.0. The molecule has 0 fully saturated rings. The van der Waals surface area contributed by atoms with Crippen molar-refractivity contribution < 1.29 is 13.6 Å². The zero-order chi connectivity index (χ0) is 18.0. The molecule has 0 amide bonds. The predicted octanol–water partition coefficient (Wildman–Crippen LogP) is 3.95. The molecule has 0 aliphatic carbocycles. The number of nitrogens with zero attached hydrogens (tertiary/aromatic N) is 2. The number of carbonyl (C=O) groups excluding carboxylic acids is 1. The molecule has 0 bridgehead atoms. The summed E-state index contributed by atoms with van der Waals surface area (Å²) in [5, 5.41) is 0.946. The molecule has 1 aromatic carbocycles. The van der Waals surface area contributed by atoms with Crippen molar-refractivity contribution in [2.24, 2.45) is 0 Å². The number of hydrogen-bond acceptors (Lipinski definition) is 3. The number of hydrogen-bond donors (Lipinski definition) is 0. The number of unbranched alkanes of at least 4 members (excludes halogenated alkanes) is 1. The number of rotatable bonds is 5. The minimum absolute atomic E-state index is 0.151. The number of aldehydes is 1. The fourth-order valence-electron chi connectivity index (χ4n) is 2.82. The Morgan fingerprint density at radius 1 is 1.20 bits per heavy atom. The summed E-state index contributed by atoms with van der Waals surface area (Å²) in [4.78, 5) is 27.4. The lowest BCUT2D eigenvalue weighted by Gasteiger charge is -2.13. The van der Waals surface area contributed by atoms with E-state index in [1.807, 2.05) is 6.92 Å². The quantitative estimate of drug-likeness (QED) is 0.660. The Kier molecular flexibility index (Phi) is 4.70. The van der Waals surface area contributed by atoms with Gasteiger partial charge < -0.3 is 4.57 Å². The Morgan fingerprint density at radius 3 is 2.56 bits per heavy atom. The standard InChI is InChI=1S/C19H16F2N2O2/c1-2-3-6-23-10-15(13-4-5-22-9-14(13)19(23)25)12-7-17(20)16(11-24)18(21)8-12/h4-5,7-11H,2-3,6H2,1H3. The van der Waals surface area contributed by atoms with Crippen molar-refractivity contribution in [3.63, 3.8) is 0 Å². The Balaban J connectivity index is 2.30. The number of pyridine rings is 2. The number of carbonyl (C=O) groups is 1. The molecule has 2 aromatic heterocycles. The second kappa shape index (κ2) is 6.93. The average Bonchev–Trinajstić information content (AvgIpc) is 2.61. The van der Waals surface area contributed by atoms with Crippen LogP contribution < -0.4 is 5.56 Å². The van der Waals surface area contributed by atoms with E-state index >= 15 is 0 Å². The summed E-state index contributed by atoms with van der Waals surface area (Å²) < 4.78 is 29.6. The van der Waals surface area contributed by atoms with Gasteiger partial charge in [-0.05, 0) is 35.6 Å². The molecule has 3 rings (SSSR count). The highest BCUT2D eigenvalue weighted by atomic mass is 19.1. The third-order valence-corrected chi connectivity index (χ3v) is 4.15. The summed E-state index contributed by atoms with van der Waals surface area (Å²) >= 11 is 0. The molecule has 2 heterocycles. The van der Waals surface area contributed by atoms with Crippen molar-refractivity contribution >= 4 is 17.1 Å². The molecule has 0 N–H and O–H groups in total. The van der Waals surface area contributed by atoms with Gasteiger partial charge in [0.05, 0.1) is 10.9 Å². The number of fused-ring (bicyclic) bond motifs is 1. The minimum Gasteiger partial charge on any atom is -0.314 e. The summed E-state index contributed by atoms with van der Waals surface area (Å²) in [5.74, 6) is -1.86. The van der Waals surface area contributed by atoms with Crippen molar-refractivity contribution in [2.45, 2.75) is 26.3 Å². The third-order valence-electron chi connectivity index (χ3n) is 4.15. The molecule has 0 saturated heterocycles. The zero-order valence-corrected chi connectivity index (χ0v) is 13.6. The molecule has 0 spiro atoms. The Bertz CT molecular complexity index is 989. The molecule has 0 radical (unpaired) electrons. The van der Waals surface area contributed by atoms with Crippen LogP contribution in [-0.4, -0.2) is 15.8 Å². The van der Waals surface area contributed by atoms with Crippen molar-refractivity contribution in [1.29, 1.82) is 0 Å². The number of aromatic nitrogens is 2. The van der Waals surface area contributed by atoms with Crippen LogP contribution in [0.25, 0.3) is 21.9 Å². The summed E-state index contributed by atoms with van der Waals surface area (Å²) in [5.41, 5.74) is -0.00909. The maximum Gasteiger partial charge on any atom is 0.260 e. The van der Waals surface area contributed by atoms with Crippen LogP contribution in [0, 0.1) is 11.6 Å². The highest BCUT2D eigenvalue weighted by Crippen LogP contribution is 2.29. The Morgan fingerprint density at radius 2 is 1.92 bits per heavy atom. The molecule has 6 heteroatoms. The van der Waals surface area contributed by atoms with Gasteiger partial charge >= 0.3 is 0 Å². The van der Waals surface area contributed by atoms with Gasteiger partial charge in [-0.25, -0.2) is 8.78 Å². The van der Waals surface area contributed by atoms with Gasteiger partial charge in [0.15, 0.2) is 6.29 Å². The molecular weight excluding hydrogens is 326 g/mol. The van der Waals surface area contributed by atoms with E-state index in [1.54, 1.807) is 12.3 Å². The van der Waals surface area contributed by atoms with E-state index in [9.17, 15) is 18.4 Å². The van der Waals surface area contributed by atoms with Gasteiger partial charge in [-0.2, -0.15) is 0 Å². The second-order valence-corrected chi connectivity index (χ2v) is 5.79. The van der Waals surface area contributed by atoms with Crippen LogP contribution in [0.15, 0.2) is 41.6 Å². The third kappa shape index (κ3) is 3.07. The molecule has 25 heavy (non-hydrogen) atoms. The first kappa shape index (κ1) is 17.0. The molecule has 0 atom stereocenters. The molecule has 0 aliphatic heterocycles. The zero-order valence-electron chi connectivity index (χ0n) is 13.6. The van der Waals surface area contributed by atoms with Crippen molar-refractivity contribution in [3.8, 4) is 11.1 Å². The van der Waals surface area contributed by atoms with Crippen LogP contribution in [-0.2, 0) is 6.54 Å². The largest absolute Gasteiger partial charge is 0.314 e. The Labute approximate surface area is 142 Å². The maximum atomic E-state index is 14.0. The number of aryl methyl sites for hydroxylation is 1. The van der Waals surface area contributed by atoms with Crippen LogP contribution in [0.5, 0.6) is 0 Å². The van der Waals surface area contributed by atoms with Gasteiger partial charge in [0.25, 0.3) is 5.56 Å². The van der Waals surface area contributed by atoms with Crippen LogP contribution in [0.3, 0.4) is 0 Å². The number of benzene rings is 1. The van der Waals surface area contributed by atoms with Crippen LogP contribution in [0.4, 0.5) is 8.78 Å². The van der Waals surface area contributed by atoms with Crippen molar-refractivity contribution in [1.82, 2.24) is 9.55 Å². The molecule has 3 aromatic rings. The summed E-state index contributed by atoms with van der Waals surface area (Å²) in [7, 11) is 0. The molecule has 0 unspecified atom stereocenters. The molecule has 4 nitrogen and oxygen atoms in total. The second-order valence-electron chi connectivity index (χ2n) is 5.79. The molecule has 0 aliphatic rings. The van der Waals surface area contributed by atoms with E-state index in [4.69, 9.17) is 0 Å². The molecule has 0 saturated carbocycles. The summed E-state index contributed by atoms with van der Waals surface area (Å²) in [6.45, 7) is 2.52. The summed E-state index contributed by atoms with van der Waals surface area (Å²) in [6.07, 6.45) is 6.44. The van der Waals surface area contributed by atoms with Gasteiger partial charge in [-0.1, -0.05) is 13.3 Å². The first-order valence-corrected chi connectivity index (χ1v) is 7.98. The van der Waals surface area contributed by atoms with E-state index in [2.05, 4.69) is 4.98 Å². The van der Waals surface area contributed by atoms with Crippen molar-refractivity contribution in [2.75, 3.05) is 0 Å².